The van der Waals surface area contributed by atoms with Gasteiger partial charge in [-0.2, -0.15) is 29.6 Å². The molecule has 2 N–H and O–H groups in total. The molecule has 0 aliphatic carbocycles. The number of nitrogens with zero attached hydrogens (tertiary/aromatic N) is 2. The van der Waals surface area contributed by atoms with Gasteiger partial charge in [0.2, 0.25) is 0 Å². The lowest BCUT2D eigenvalue weighted by molar-refractivity contribution is -0.192. The van der Waals surface area contributed by atoms with Gasteiger partial charge < -0.3 is 19.9 Å². The number of carboxylic acid groups (broad SMARTS) is 1. The molecule has 0 aromatic carbocycles. The molecular weight excluding hydrogens is 451 g/mol. The third kappa shape index (κ3) is 6.78. The predicted octanol–water partition coefficient (Wildman–Crippen LogP) is 3.05. The van der Waals surface area contributed by atoms with Gasteiger partial charge in [0.25, 0.3) is 5.91 Å². The molecule has 8 nitrogen and oxygen atoms in total. The highest BCUT2D eigenvalue weighted by molar-refractivity contribution is 7.08. The summed E-state index contributed by atoms with van der Waals surface area (Å²) in [4.78, 5) is 21.0. The van der Waals surface area contributed by atoms with Crippen LogP contribution in [-0.4, -0.2) is 59.3 Å². The lowest BCUT2D eigenvalue weighted by Gasteiger charge is -2.22. The molecule has 1 fully saturated rings. The molecule has 2 aliphatic rings. The number of thiophene rings is 1. The molecule has 176 valence electrons. The summed E-state index contributed by atoms with van der Waals surface area (Å²) in [5, 5.41) is 18.6. The Kier molecular flexibility index (Phi) is 8.26. The van der Waals surface area contributed by atoms with Crippen molar-refractivity contribution in [1.82, 2.24) is 15.1 Å². The van der Waals surface area contributed by atoms with Gasteiger partial charge in [0.1, 0.15) is 6.10 Å². The molecule has 1 atom stereocenters. The highest BCUT2D eigenvalue weighted by atomic mass is 32.1. The third-order valence-electron chi connectivity index (χ3n) is 5.13. The molecule has 1 saturated heterocycles. The fourth-order valence-electron chi connectivity index (χ4n) is 3.46. The van der Waals surface area contributed by atoms with E-state index in [0.717, 1.165) is 44.7 Å². The van der Waals surface area contributed by atoms with E-state index in [-0.39, 0.29) is 12.0 Å². The monoisotopic (exact) mass is 475 g/mol. The van der Waals surface area contributed by atoms with E-state index < -0.39 is 12.1 Å². The molecule has 2 aromatic rings. The molecule has 12 heteroatoms. The number of carbonyl (C=O) groups excluding carboxylic acids is 1. The van der Waals surface area contributed by atoms with Crippen LogP contribution in [0.3, 0.4) is 0 Å². The van der Waals surface area contributed by atoms with E-state index >= 15 is 0 Å². The summed E-state index contributed by atoms with van der Waals surface area (Å²) < 4.78 is 45.1. The summed E-state index contributed by atoms with van der Waals surface area (Å²) in [5.41, 5.74) is 2.92. The van der Waals surface area contributed by atoms with Gasteiger partial charge in [-0.3, -0.25) is 9.48 Å². The van der Waals surface area contributed by atoms with Crippen LogP contribution in [0.4, 0.5) is 13.2 Å². The molecule has 1 unspecified atom stereocenters. The molecule has 0 saturated carbocycles. The number of nitrogens with one attached hydrogen (secondary N) is 1. The lowest BCUT2D eigenvalue weighted by atomic mass is 10.0. The summed E-state index contributed by atoms with van der Waals surface area (Å²) in [6.07, 6.45) is -0.0104. The number of carboxylic acids is 1. The van der Waals surface area contributed by atoms with E-state index in [0.29, 0.717) is 24.6 Å². The number of hydrogen-bond donors (Lipinski definition) is 2. The average Bonchev–Trinajstić information content (AvgIpc) is 3.42. The smallest absolute Gasteiger partial charge is 0.475 e. The highest BCUT2D eigenvalue weighted by Gasteiger charge is 2.38. The maximum absolute atomic E-state index is 12.1. The Morgan fingerprint density at radius 1 is 1.28 bits per heavy atom. The van der Waals surface area contributed by atoms with E-state index in [1.54, 1.807) is 0 Å². The summed E-state index contributed by atoms with van der Waals surface area (Å²) in [6, 6.07) is 1.83. The van der Waals surface area contributed by atoms with E-state index in [4.69, 9.17) is 24.5 Å². The van der Waals surface area contributed by atoms with E-state index in [9.17, 15) is 18.0 Å². The first-order valence-electron chi connectivity index (χ1n) is 10.1. The Bertz CT molecular complexity index is 895. The number of ether oxygens (including phenoxy) is 2. The standard InChI is InChI=1S/C18H23N3O3S.C2HF3O2/c22-18(15-4-8-25-12-15)19-9-16-17-14(3-7-24-16)11-21(20-17)10-13-1-5-23-6-2-13;3-2(4,5)1(6)7/h4,8,11-13,16H,1-3,5-7,9-10H2,(H,19,22);(H,6,7). The summed E-state index contributed by atoms with van der Waals surface area (Å²) >= 11 is 1.52. The molecule has 0 spiro atoms. The molecule has 4 heterocycles. The molecule has 4 rings (SSSR count). The van der Waals surface area contributed by atoms with Gasteiger partial charge in [-0.15, -0.1) is 0 Å². The van der Waals surface area contributed by atoms with Crippen LogP contribution >= 0.6 is 11.3 Å². The SMILES string of the molecule is O=C(NCC1OCCc2cn(CC3CCOCC3)nc21)c1ccsc1.O=C(O)C(F)(F)F. The number of aliphatic carboxylic acids is 1. The number of aromatic nitrogens is 2. The van der Waals surface area contributed by atoms with Gasteiger partial charge in [-0.1, -0.05) is 0 Å². The second kappa shape index (κ2) is 10.9. The van der Waals surface area contributed by atoms with Crippen molar-refractivity contribution in [2.45, 2.75) is 38.1 Å². The van der Waals surface area contributed by atoms with Crippen molar-refractivity contribution in [1.29, 1.82) is 0 Å². The topological polar surface area (TPSA) is 103 Å². The lowest BCUT2D eigenvalue weighted by Crippen LogP contribution is -2.31. The molecule has 2 aliphatic heterocycles. The van der Waals surface area contributed by atoms with Crippen LogP contribution in [0.2, 0.25) is 0 Å². The molecule has 32 heavy (non-hydrogen) atoms. The van der Waals surface area contributed by atoms with Gasteiger partial charge in [0.15, 0.2) is 0 Å². The van der Waals surface area contributed by atoms with Crippen molar-refractivity contribution >= 4 is 23.2 Å². The quantitative estimate of drug-likeness (QED) is 0.689. The van der Waals surface area contributed by atoms with Crippen LogP contribution in [-0.2, 0) is 27.2 Å². The van der Waals surface area contributed by atoms with E-state index in [2.05, 4.69) is 16.2 Å². The van der Waals surface area contributed by atoms with Crippen LogP contribution < -0.4 is 5.32 Å². The van der Waals surface area contributed by atoms with Crippen molar-refractivity contribution in [3.8, 4) is 0 Å². The van der Waals surface area contributed by atoms with Crippen LogP contribution in [0.5, 0.6) is 0 Å². The van der Waals surface area contributed by atoms with Crippen LogP contribution in [0.15, 0.2) is 23.0 Å². The maximum atomic E-state index is 12.1. The zero-order valence-electron chi connectivity index (χ0n) is 17.1. The number of halogens is 3. The first-order chi connectivity index (χ1) is 15.2. The van der Waals surface area contributed by atoms with Gasteiger partial charge in [-0.25, -0.2) is 4.79 Å². The third-order valence-corrected chi connectivity index (χ3v) is 5.81. The number of fused-ring (bicyclic) bond motifs is 1. The highest BCUT2D eigenvalue weighted by Crippen LogP contribution is 2.26. The zero-order valence-corrected chi connectivity index (χ0v) is 18.0. The average molecular weight is 475 g/mol. The van der Waals surface area contributed by atoms with Crippen molar-refractivity contribution < 1.29 is 37.3 Å². The van der Waals surface area contributed by atoms with Gasteiger partial charge in [-0.05, 0) is 42.2 Å². The largest absolute Gasteiger partial charge is 0.490 e. The number of alkyl halides is 3. The Labute approximate surface area is 186 Å². The fraction of sp³-hybridized carbons (Fsp3) is 0.550. The first kappa shape index (κ1) is 24.2. The molecule has 0 bridgehead atoms. The number of hydrogen-bond acceptors (Lipinski definition) is 6. The zero-order chi connectivity index (χ0) is 23.1. The second-order valence-corrected chi connectivity index (χ2v) is 8.23. The summed E-state index contributed by atoms with van der Waals surface area (Å²) in [5.74, 6) is -2.18. The van der Waals surface area contributed by atoms with Crippen LogP contribution in [0.1, 0.15) is 40.6 Å². The Morgan fingerprint density at radius 2 is 2.00 bits per heavy atom. The Morgan fingerprint density at radius 3 is 2.62 bits per heavy atom. The number of rotatable bonds is 5. The molecular formula is C20H24F3N3O5S. The van der Waals surface area contributed by atoms with Gasteiger partial charge in [0.05, 0.1) is 12.3 Å². The van der Waals surface area contributed by atoms with Gasteiger partial charge >= 0.3 is 12.1 Å². The van der Waals surface area contributed by atoms with E-state index in [1.165, 1.54) is 16.9 Å². The minimum Gasteiger partial charge on any atom is -0.475 e. The predicted molar refractivity (Wildman–Crippen MR) is 109 cm³/mol. The fourth-order valence-corrected chi connectivity index (χ4v) is 4.09. The van der Waals surface area contributed by atoms with E-state index in [1.807, 2.05) is 16.8 Å². The molecule has 2 aromatic heterocycles. The number of carbonyl (C=O) groups is 2. The van der Waals surface area contributed by atoms with Crippen molar-refractivity contribution in [2.75, 3.05) is 26.4 Å². The Balaban J connectivity index is 0.000000360. The minimum absolute atomic E-state index is 0.0568. The second-order valence-electron chi connectivity index (χ2n) is 7.45. The summed E-state index contributed by atoms with van der Waals surface area (Å²) in [7, 11) is 0. The Hall–Kier alpha value is -2.44. The van der Waals surface area contributed by atoms with Crippen molar-refractivity contribution in [3.05, 3.63) is 39.8 Å². The van der Waals surface area contributed by atoms with Gasteiger partial charge in [0, 0.05) is 43.4 Å². The summed E-state index contributed by atoms with van der Waals surface area (Å²) in [6.45, 7) is 3.77. The number of amides is 1. The molecule has 1 amide bonds. The maximum Gasteiger partial charge on any atom is 0.490 e. The first-order valence-corrected chi connectivity index (χ1v) is 11.0. The van der Waals surface area contributed by atoms with Crippen LogP contribution in [0, 0.1) is 5.92 Å². The molecule has 0 radical (unpaired) electrons. The van der Waals surface area contributed by atoms with Crippen molar-refractivity contribution in [2.24, 2.45) is 5.92 Å². The van der Waals surface area contributed by atoms with Crippen molar-refractivity contribution in [3.63, 3.8) is 0 Å². The minimum atomic E-state index is -5.08. The normalized spacial score (nSPS) is 18.9. The van der Waals surface area contributed by atoms with Crippen LogP contribution in [0.25, 0.3) is 0 Å².